The number of halogens is 1. The second-order valence-corrected chi connectivity index (χ2v) is 4.48. The lowest BCUT2D eigenvalue weighted by atomic mass is 10.0. The van der Waals surface area contributed by atoms with Gasteiger partial charge in [0.05, 0.1) is 5.69 Å². The molecule has 0 amide bonds. The maximum atomic E-state index is 13.4. The van der Waals surface area contributed by atoms with Crippen molar-refractivity contribution in [2.24, 2.45) is 5.73 Å². The summed E-state index contributed by atoms with van der Waals surface area (Å²) in [6.07, 6.45) is 3.42. The number of benzene rings is 1. The fourth-order valence-electron chi connectivity index (χ4n) is 2.08. The van der Waals surface area contributed by atoms with Crippen LogP contribution in [0.5, 0.6) is 0 Å². The van der Waals surface area contributed by atoms with Crippen molar-refractivity contribution in [3.8, 4) is 11.3 Å². The molecule has 0 saturated carbocycles. The standard InChI is InChI=1S/C14H13FN4/c1-9(16)12-8-13-17-5-6-19(13)18-14(12)10-3-2-4-11(15)7-10/h2-9H,16H2,1H3/t9-/m0/s1. The molecule has 0 aliphatic rings. The number of nitrogens with zero attached hydrogens (tertiary/aromatic N) is 3. The molecule has 96 valence electrons. The molecule has 5 heteroatoms. The third kappa shape index (κ3) is 2.08. The van der Waals surface area contributed by atoms with Crippen LogP contribution in [0.1, 0.15) is 18.5 Å². The van der Waals surface area contributed by atoms with Crippen LogP contribution in [0.4, 0.5) is 4.39 Å². The summed E-state index contributed by atoms with van der Waals surface area (Å²) in [4.78, 5) is 4.18. The first-order valence-corrected chi connectivity index (χ1v) is 6.01. The molecule has 0 bridgehead atoms. The van der Waals surface area contributed by atoms with Crippen molar-refractivity contribution in [2.75, 3.05) is 0 Å². The topological polar surface area (TPSA) is 56.2 Å². The van der Waals surface area contributed by atoms with Crippen LogP contribution in [0.25, 0.3) is 16.9 Å². The van der Waals surface area contributed by atoms with Gasteiger partial charge in [-0.25, -0.2) is 13.9 Å². The summed E-state index contributed by atoms with van der Waals surface area (Å²) in [5, 5.41) is 4.48. The molecule has 0 aliphatic carbocycles. The van der Waals surface area contributed by atoms with Crippen LogP contribution in [0, 0.1) is 5.82 Å². The summed E-state index contributed by atoms with van der Waals surface area (Å²) in [5.74, 6) is -0.291. The summed E-state index contributed by atoms with van der Waals surface area (Å²) < 4.78 is 15.0. The highest BCUT2D eigenvalue weighted by molar-refractivity contribution is 5.65. The number of nitrogens with two attached hydrogens (primary N) is 1. The van der Waals surface area contributed by atoms with Crippen molar-refractivity contribution in [3.05, 3.63) is 54.1 Å². The highest BCUT2D eigenvalue weighted by Gasteiger charge is 2.13. The van der Waals surface area contributed by atoms with Crippen LogP contribution in [0.2, 0.25) is 0 Å². The van der Waals surface area contributed by atoms with Gasteiger partial charge in [0.2, 0.25) is 0 Å². The molecular formula is C14H13FN4. The van der Waals surface area contributed by atoms with Crippen molar-refractivity contribution >= 4 is 5.65 Å². The molecule has 0 unspecified atom stereocenters. The third-order valence-electron chi connectivity index (χ3n) is 3.00. The quantitative estimate of drug-likeness (QED) is 0.766. The lowest BCUT2D eigenvalue weighted by Gasteiger charge is -2.12. The van der Waals surface area contributed by atoms with Crippen LogP contribution in [0.15, 0.2) is 42.7 Å². The second kappa shape index (κ2) is 4.44. The molecule has 0 spiro atoms. The first kappa shape index (κ1) is 11.8. The molecule has 3 aromatic rings. The monoisotopic (exact) mass is 256 g/mol. The molecule has 2 heterocycles. The summed E-state index contributed by atoms with van der Waals surface area (Å²) >= 11 is 0. The van der Waals surface area contributed by atoms with E-state index in [2.05, 4.69) is 10.1 Å². The second-order valence-electron chi connectivity index (χ2n) is 4.48. The van der Waals surface area contributed by atoms with E-state index in [1.165, 1.54) is 12.1 Å². The van der Waals surface area contributed by atoms with Crippen molar-refractivity contribution in [1.82, 2.24) is 14.6 Å². The van der Waals surface area contributed by atoms with E-state index in [0.29, 0.717) is 11.3 Å². The average Bonchev–Trinajstić information content (AvgIpc) is 2.84. The van der Waals surface area contributed by atoms with E-state index >= 15 is 0 Å². The van der Waals surface area contributed by atoms with Crippen molar-refractivity contribution in [3.63, 3.8) is 0 Å². The van der Waals surface area contributed by atoms with Crippen LogP contribution >= 0.6 is 0 Å². The smallest absolute Gasteiger partial charge is 0.153 e. The number of rotatable bonds is 2. The Morgan fingerprint density at radius 2 is 2.16 bits per heavy atom. The normalized spacial score (nSPS) is 12.8. The summed E-state index contributed by atoms with van der Waals surface area (Å²) in [5.41, 5.74) is 8.95. The Bertz CT molecular complexity index is 733. The van der Waals surface area contributed by atoms with Gasteiger partial charge in [-0.1, -0.05) is 12.1 Å². The van der Waals surface area contributed by atoms with E-state index in [4.69, 9.17) is 5.73 Å². The highest BCUT2D eigenvalue weighted by Crippen LogP contribution is 2.26. The van der Waals surface area contributed by atoms with Crippen molar-refractivity contribution in [1.29, 1.82) is 0 Å². The minimum Gasteiger partial charge on any atom is -0.324 e. The molecular weight excluding hydrogens is 243 g/mol. The highest BCUT2D eigenvalue weighted by atomic mass is 19.1. The van der Waals surface area contributed by atoms with E-state index in [9.17, 15) is 4.39 Å². The lowest BCUT2D eigenvalue weighted by Crippen LogP contribution is -2.10. The maximum Gasteiger partial charge on any atom is 0.153 e. The lowest BCUT2D eigenvalue weighted by molar-refractivity contribution is 0.628. The first-order valence-electron chi connectivity index (χ1n) is 6.01. The average molecular weight is 256 g/mol. The summed E-state index contributed by atoms with van der Waals surface area (Å²) in [6, 6.07) is 8.03. The number of hydrogen-bond acceptors (Lipinski definition) is 3. The molecule has 2 aromatic heterocycles. The van der Waals surface area contributed by atoms with E-state index in [0.717, 1.165) is 11.2 Å². The molecule has 1 aromatic carbocycles. The Morgan fingerprint density at radius 1 is 1.32 bits per heavy atom. The molecule has 4 nitrogen and oxygen atoms in total. The zero-order chi connectivity index (χ0) is 13.4. The van der Waals surface area contributed by atoms with Gasteiger partial charge in [0, 0.05) is 29.6 Å². The molecule has 1 atom stereocenters. The van der Waals surface area contributed by atoms with Crippen LogP contribution in [-0.4, -0.2) is 14.6 Å². The number of fused-ring (bicyclic) bond motifs is 1. The maximum absolute atomic E-state index is 13.4. The van der Waals surface area contributed by atoms with E-state index in [1.807, 2.05) is 19.1 Å². The van der Waals surface area contributed by atoms with E-state index < -0.39 is 0 Å². The number of aromatic nitrogens is 3. The van der Waals surface area contributed by atoms with Crippen molar-refractivity contribution in [2.45, 2.75) is 13.0 Å². The summed E-state index contributed by atoms with van der Waals surface area (Å²) in [6.45, 7) is 1.87. The molecule has 0 fully saturated rings. The van der Waals surface area contributed by atoms with E-state index in [-0.39, 0.29) is 11.9 Å². The summed E-state index contributed by atoms with van der Waals surface area (Å²) in [7, 11) is 0. The predicted molar refractivity (Wildman–Crippen MR) is 71.0 cm³/mol. The molecule has 0 aliphatic heterocycles. The predicted octanol–water partition coefficient (Wildman–Crippen LogP) is 2.56. The van der Waals surface area contributed by atoms with Crippen molar-refractivity contribution < 1.29 is 4.39 Å². The molecule has 0 saturated heterocycles. The van der Waals surface area contributed by atoms with Crippen LogP contribution in [0.3, 0.4) is 0 Å². The van der Waals surface area contributed by atoms with Gasteiger partial charge in [0.15, 0.2) is 5.65 Å². The zero-order valence-electron chi connectivity index (χ0n) is 10.4. The van der Waals surface area contributed by atoms with Crippen LogP contribution < -0.4 is 5.73 Å². The molecule has 3 rings (SSSR count). The first-order chi connectivity index (χ1) is 9.15. The molecule has 2 N–H and O–H groups in total. The number of imidazole rings is 1. The number of hydrogen-bond donors (Lipinski definition) is 1. The van der Waals surface area contributed by atoms with Gasteiger partial charge in [0.1, 0.15) is 5.82 Å². The largest absolute Gasteiger partial charge is 0.324 e. The zero-order valence-corrected chi connectivity index (χ0v) is 10.4. The van der Waals surface area contributed by atoms with Gasteiger partial charge in [0.25, 0.3) is 0 Å². The van der Waals surface area contributed by atoms with E-state index in [1.54, 1.807) is 23.0 Å². The van der Waals surface area contributed by atoms with Gasteiger partial charge in [-0.2, -0.15) is 5.10 Å². The SMILES string of the molecule is C[C@H](N)c1cc2nccn2nc1-c1cccc(F)c1. The Hall–Kier alpha value is -2.27. The minimum absolute atomic E-state index is 0.201. The van der Waals surface area contributed by atoms with Gasteiger partial charge >= 0.3 is 0 Å². The van der Waals surface area contributed by atoms with Gasteiger partial charge in [-0.15, -0.1) is 0 Å². The fourth-order valence-corrected chi connectivity index (χ4v) is 2.08. The Balaban J connectivity index is 2.28. The minimum atomic E-state index is -0.291. The van der Waals surface area contributed by atoms with Gasteiger partial charge in [-0.05, 0) is 25.1 Å². The van der Waals surface area contributed by atoms with Gasteiger partial charge in [-0.3, -0.25) is 0 Å². The fraction of sp³-hybridized carbons (Fsp3) is 0.143. The Morgan fingerprint density at radius 3 is 2.89 bits per heavy atom. The van der Waals surface area contributed by atoms with Crippen LogP contribution in [-0.2, 0) is 0 Å². The Labute approximate surface area is 109 Å². The Kier molecular flexibility index (Phi) is 2.76. The molecule has 19 heavy (non-hydrogen) atoms. The molecule has 0 radical (unpaired) electrons. The third-order valence-corrected chi connectivity index (χ3v) is 3.00. The van der Waals surface area contributed by atoms with Gasteiger partial charge < -0.3 is 5.73 Å².